The molecule has 0 aromatic heterocycles. The van der Waals surface area contributed by atoms with Crippen molar-refractivity contribution in [3.8, 4) is 0 Å². The highest BCUT2D eigenvalue weighted by Gasteiger charge is 2.25. The molecule has 2 atom stereocenters. The number of rotatable bonds is 4. The Kier molecular flexibility index (Phi) is 5.11. The van der Waals surface area contributed by atoms with E-state index in [0.717, 1.165) is 6.42 Å². The molecule has 0 spiro atoms. The van der Waals surface area contributed by atoms with Crippen molar-refractivity contribution < 1.29 is 14.3 Å². The van der Waals surface area contributed by atoms with Crippen LogP contribution in [0.5, 0.6) is 0 Å². The number of carbonyl (C=O) groups is 2. The van der Waals surface area contributed by atoms with Gasteiger partial charge < -0.3 is 10.1 Å². The molecule has 1 radical (unpaired) electrons. The van der Waals surface area contributed by atoms with E-state index < -0.39 is 12.0 Å². The van der Waals surface area contributed by atoms with Crippen molar-refractivity contribution in [1.29, 1.82) is 0 Å². The Morgan fingerprint density at radius 1 is 1.54 bits per heavy atom. The zero-order chi connectivity index (χ0) is 10.4. The minimum Gasteiger partial charge on any atom is -0.461 e. The lowest BCUT2D eigenvalue weighted by Crippen LogP contribution is -2.44. The molecule has 0 saturated carbocycles. The highest BCUT2D eigenvalue weighted by molar-refractivity contribution is 5.83. The van der Waals surface area contributed by atoms with Gasteiger partial charge in [0.2, 0.25) is 5.91 Å². The third kappa shape index (κ3) is 3.92. The second kappa shape index (κ2) is 5.56. The maximum atomic E-state index is 11.1. The molecule has 0 aliphatic rings. The smallest absolute Gasteiger partial charge is 0.329 e. The third-order valence-electron chi connectivity index (χ3n) is 1.97. The Morgan fingerprint density at radius 2 is 2.08 bits per heavy atom. The first-order chi connectivity index (χ1) is 6.02. The molecule has 0 aromatic carbocycles. The van der Waals surface area contributed by atoms with Gasteiger partial charge in [0.25, 0.3) is 0 Å². The fourth-order valence-corrected chi connectivity index (χ4v) is 0.978. The highest BCUT2D eigenvalue weighted by Crippen LogP contribution is 2.08. The summed E-state index contributed by atoms with van der Waals surface area (Å²) in [5.74, 6) is -0.682. The predicted molar refractivity (Wildman–Crippen MR) is 48.5 cm³/mol. The third-order valence-corrected chi connectivity index (χ3v) is 1.97. The summed E-state index contributed by atoms with van der Waals surface area (Å²) >= 11 is 0. The number of esters is 1. The zero-order valence-electron chi connectivity index (χ0n) is 8.29. The molecule has 0 aromatic rings. The lowest BCUT2D eigenvalue weighted by Gasteiger charge is -2.20. The molecular weight excluding hydrogens is 170 g/mol. The first-order valence-electron chi connectivity index (χ1n) is 4.25. The van der Waals surface area contributed by atoms with E-state index in [1.807, 2.05) is 13.8 Å². The Morgan fingerprint density at radius 3 is 2.38 bits per heavy atom. The summed E-state index contributed by atoms with van der Waals surface area (Å²) in [5, 5.41) is 2.53. The summed E-state index contributed by atoms with van der Waals surface area (Å²) in [6.07, 6.45) is 0.792. The Bertz CT molecular complexity index is 191. The fraction of sp³-hybridized carbons (Fsp3) is 0.667. The molecule has 0 bridgehead atoms. The van der Waals surface area contributed by atoms with Crippen LogP contribution in [0.3, 0.4) is 0 Å². The van der Waals surface area contributed by atoms with Crippen LogP contribution in [0.25, 0.3) is 0 Å². The lowest BCUT2D eigenvalue weighted by molar-refractivity contribution is -0.144. The van der Waals surface area contributed by atoms with E-state index in [1.165, 1.54) is 6.92 Å². The van der Waals surface area contributed by atoms with Crippen molar-refractivity contribution in [2.45, 2.75) is 33.2 Å². The van der Waals surface area contributed by atoms with Gasteiger partial charge in [0.15, 0.2) is 0 Å². The van der Waals surface area contributed by atoms with E-state index >= 15 is 0 Å². The summed E-state index contributed by atoms with van der Waals surface area (Å²) in [4.78, 5) is 21.9. The number of ether oxygens (including phenoxy) is 1. The normalized spacial score (nSPS) is 14.5. The van der Waals surface area contributed by atoms with Crippen molar-refractivity contribution in [1.82, 2.24) is 5.32 Å². The quantitative estimate of drug-likeness (QED) is 0.663. The van der Waals surface area contributed by atoms with Gasteiger partial charge in [-0.05, 0) is 5.92 Å². The lowest BCUT2D eigenvalue weighted by atomic mass is 9.99. The highest BCUT2D eigenvalue weighted by atomic mass is 16.5. The van der Waals surface area contributed by atoms with Crippen molar-refractivity contribution in [2.24, 2.45) is 5.92 Å². The second-order valence-corrected chi connectivity index (χ2v) is 3.03. The van der Waals surface area contributed by atoms with Gasteiger partial charge in [-0.2, -0.15) is 0 Å². The first-order valence-corrected chi connectivity index (χ1v) is 4.25. The van der Waals surface area contributed by atoms with Gasteiger partial charge >= 0.3 is 5.97 Å². The molecule has 4 heteroatoms. The SMILES string of the molecule is [CH2]OC(=O)[C@@H](NC(C)=O)[C@H](C)CC. The number of nitrogens with one attached hydrogen (secondary N) is 1. The van der Waals surface area contributed by atoms with Crippen LogP contribution in [0.1, 0.15) is 27.2 Å². The topological polar surface area (TPSA) is 55.4 Å². The summed E-state index contributed by atoms with van der Waals surface area (Å²) < 4.78 is 4.33. The van der Waals surface area contributed by atoms with E-state index in [0.29, 0.717) is 0 Å². The molecule has 0 rings (SSSR count). The van der Waals surface area contributed by atoms with E-state index in [2.05, 4.69) is 17.2 Å². The molecule has 1 amide bonds. The van der Waals surface area contributed by atoms with Gasteiger partial charge in [-0.3, -0.25) is 4.79 Å². The van der Waals surface area contributed by atoms with Gasteiger partial charge in [-0.1, -0.05) is 20.3 Å². The van der Waals surface area contributed by atoms with Crippen LogP contribution in [-0.2, 0) is 14.3 Å². The van der Waals surface area contributed by atoms with Gasteiger partial charge in [0.1, 0.15) is 13.2 Å². The summed E-state index contributed by atoms with van der Waals surface area (Å²) in [5.41, 5.74) is 0. The molecule has 0 saturated heterocycles. The van der Waals surface area contributed by atoms with Crippen molar-refractivity contribution in [2.75, 3.05) is 0 Å². The predicted octanol–water partition coefficient (Wildman–Crippen LogP) is 0.872. The van der Waals surface area contributed by atoms with Gasteiger partial charge in [0, 0.05) is 6.92 Å². The minimum absolute atomic E-state index is 0.0538. The molecule has 0 aliphatic heterocycles. The monoisotopic (exact) mass is 186 g/mol. The Hall–Kier alpha value is -1.06. The van der Waals surface area contributed by atoms with Crippen LogP contribution in [0, 0.1) is 13.0 Å². The van der Waals surface area contributed by atoms with Crippen molar-refractivity contribution in [3.05, 3.63) is 7.11 Å². The fourth-order valence-electron chi connectivity index (χ4n) is 0.978. The largest absolute Gasteiger partial charge is 0.461 e. The van der Waals surface area contributed by atoms with E-state index in [-0.39, 0.29) is 11.8 Å². The second-order valence-electron chi connectivity index (χ2n) is 3.03. The van der Waals surface area contributed by atoms with Crippen LogP contribution in [-0.4, -0.2) is 17.9 Å². The van der Waals surface area contributed by atoms with Crippen LogP contribution in [0.2, 0.25) is 0 Å². The summed E-state index contributed by atoms with van der Waals surface area (Å²) in [7, 11) is 3.03. The summed E-state index contributed by atoms with van der Waals surface area (Å²) in [6.45, 7) is 5.18. The van der Waals surface area contributed by atoms with Crippen molar-refractivity contribution >= 4 is 11.9 Å². The number of hydrogen-bond donors (Lipinski definition) is 1. The minimum atomic E-state index is -0.583. The molecule has 0 fully saturated rings. The summed E-state index contributed by atoms with van der Waals surface area (Å²) in [6, 6.07) is -0.583. The Labute approximate surface area is 78.6 Å². The average molecular weight is 186 g/mol. The molecule has 0 heterocycles. The van der Waals surface area contributed by atoms with Crippen LogP contribution < -0.4 is 5.32 Å². The van der Waals surface area contributed by atoms with Crippen LogP contribution in [0.4, 0.5) is 0 Å². The molecule has 0 unspecified atom stereocenters. The maximum absolute atomic E-state index is 11.1. The first kappa shape index (κ1) is 11.9. The van der Waals surface area contributed by atoms with Crippen LogP contribution in [0.15, 0.2) is 0 Å². The molecule has 0 aliphatic carbocycles. The molecule has 1 N–H and O–H groups in total. The van der Waals surface area contributed by atoms with Gasteiger partial charge in [0.05, 0.1) is 0 Å². The molecule has 13 heavy (non-hydrogen) atoms. The maximum Gasteiger partial charge on any atom is 0.329 e. The Balaban J connectivity index is 4.35. The molecule has 4 nitrogen and oxygen atoms in total. The van der Waals surface area contributed by atoms with E-state index in [4.69, 9.17) is 0 Å². The number of hydrogen-bond acceptors (Lipinski definition) is 3. The average Bonchev–Trinajstić information content (AvgIpc) is 2.11. The van der Waals surface area contributed by atoms with Gasteiger partial charge in [-0.15, -0.1) is 0 Å². The number of amides is 1. The molecule has 75 valence electrons. The zero-order valence-corrected chi connectivity index (χ0v) is 8.29. The van der Waals surface area contributed by atoms with E-state index in [9.17, 15) is 9.59 Å². The van der Waals surface area contributed by atoms with Crippen LogP contribution >= 0.6 is 0 Å². The standard InChI is InChI=1S/C9H16NO3/c1-5-6(2)8(9(12)13-4)10-7(3)11/h6,8H,4-5H2,1-3H3,(H,10,11)/t6-,8+/m1/s1. The van der Waals surface area contributed by atoms with Gasteiger partial charge in [-0.25, -0.2) is 4.79 Å². The number of carbonyl (C=O) groups excluding carboxylic acids is 2. The van der Waals surface area contributed by atoms with Crippen molar-refractivity contribution in [3.63, 3.8) is 0 Å². The molecular formula is C9H16NO3. The van der Waals surface area contributed by atoms with E-state index in [1.54, 1.807) is 0 Å².